The van der Waals surface area contributed by atoms with Gasteiger partial charge in [-0.15, -0.1) is 0 Å². The summed E-state index contributed by atoms with van der Waals surface area (Å²) in [7, 11) is 1.48. The molecular weight excluding hydrogens is 500 g/mol. The first-order valence-electron chi connectivity index (χ1n) is 13.3. The van der Waals surface area contributed by atoms with Gasteiger partial charge in [-0.05, 0) is 25.7 Å². The predicted octanol–water partition coefficient (Wildman–Crippen LogP) is 1.70. The molecule has 0 radical (unpaired) electrons. The van der Waals surface area contributed by atoms with Gasteiger partial charge in [-0.2, -0.15) is 0 Å². The Bertz CT molecular complexity index is 761. The Morgan fingerprint density at radius 2 is 0.895 bits per heavy atom. The van der Waals surface area contributed by atoms with Gasteiger partial charge in [-0.3, -0.25) is 24.6 Å². The van der Waals surface area contributed by atoms with E-state index >= 15 is 0 Å². The zero-order valence-corrected chi connectivity index (χ0v) is 22.3. The standard InChI is InChI=1S/C25H44N4O9/c1-26-29-22(32)17-15-19(25(37)38)28-21(31)16-14-18(24(35)36)27-20(30)12-10-8-6-4-2-3-5-7-9-11-13-23(33)34/h18-19,26H,2-17H2,1H3,(H,27,30)(H,28,31)(H,29,32)(H,33,34)(H,35,36)(H,37,38)/t18-,19-/m0/s1. The monoisotopic (exact) mass is 544 g/mol. The fourth-order valence-electron chi connectivity index (χ4n) is 3.78. The lowest BCUT2D eigenvalue weighted by Gasteiger charge is -2.17. The fourth-order valence-corrected chi connectivity index (χ4v) is 3.78. The lowest BCUT2D eigenvalue weighted by Crippen LogP contribution is -2.44. The molecule has 0 aromatic carbocycles. The highest BCUT2D eigenvalue weighted by Gasteiger charge is 2.24. The number of rotatable bonds is 24. The Kier molecular flexibility index (Phi) is 20.0. The van der Waals surface area contributed by atoms with Crippen molar-refractivity contribution in [2.24, 2.45) is 0 Å². The van der Waals surface area contributed by atoms with Crippen LogP contribution in [0.3, 0.4) is 0 Å². The lowest BCUT2D eigenvalue weighted by atomic mass is 10.0. The van der Waals surface area contributed by atoms with Crippen LogP contribution in [0.25, 0.3) is 0 Å². The molecule has 0 spiro atoms. The number of hydrogen-bond acceptors (Lipinski definition) is 7. The number of carbonyl (C=O) groups is 6. The zero-order valence-electron chi connectivity index (χ0n) is 22.3. The topological polar surface area (TPSA) is 211 Å². The summed E-state index contributed by atoms with van der Waals surface area (Å²) in [5.74, 6) is -4.90. The largest absolute Gasteiger partial charge is 0.481 e. The van der Waals surface area contributed by atoms with Gasteiger partial charge in [0, 0.05) is 32.7 Å². The summed E-state index contributed by atoms with van der Waals surface area (Å²) in [6, 6.07) is -2.57. The first kappa shape index (κ1) is 34.8. The molecule has 7 N–H and O–H groups in total. The molecule has 3 amide bonds. The lowest BCUT2D eigenvalue weighted by molar-refractivity contribution is -0.143. The normalized spacial score (nSPS) is 12.2. The maximum atomic E-state index is 12.1. The van der Waals surface area contributed by atoms with E-state index in [1.165, 1.54) is 7.05 Å². The van der Waals surface area contributed by atoms with Crippen LogP contribution < -0.4 is 21.5 Å². The van der Waals surface area contributed by atoms with Crippen LogP contribution in [0.4, 0.5) is 0 Å². The molecule has 0 aliphatic rings. The number of unbranched alkanes of at least 4 members (excludes halogenated alkanes) is 9. The smallest absolute Gasteiger partial charge is 0.326 e. The van der Waals surface area contributed by atoms with Crippen LogP contribution in [-0.2, 0) is 28.8 Å². The number of hydrazine groups is 1. The highest BCUT2D eigenvalue weighted by Crippen LogP contribution is 2.12. The number of amides is 3. The van der Waals surface area contributed by atoms with Crippen LogP contribution in [0.5, 0.6) is 0 Å². The van der Waals surface area contributed by atoms with Crippen molar-refractivity contribution in [1.29, 1.82) is 0 Å². The van der Waals surface area contributed by atoms with E-state index in [1.807, 2.05) is 0 Å². The van der Waals surface area contributed by atoms with Gasteiger partial charge in [-0.1, -0.05) is 51.4 Å². The maximum Gasteiger partial charge on any atom is 0.326 e. The molecule has 0 heterocycles. The quantitative estimate of drug-likeness (QED) is 0.0690. The molecule has 0 saturated heterocycles. The molecule has 2 atom stereocenters. The Labute approximate surface area is 223 Å². The molecule has 0 fully saturated rings. The highest BCUT2D eigenvalue weighted by molar-refractivity contribution is 5.86. The van der Waals surface area contributed by atoms with Crippen LogP contribution in [0.2, 0.25) is 0 Å². The van der Waals surface area contributed by atoms with Crippen molar-refractivity contribution in [3.8, 4) is 0 Å². The van der Waals surface area contributed by atoms with Crippen LogP contribution in [0, 0.1) is 0 Å². The van der Waals surface area contributed by atoms with Crippen molar-refractivity contribution < 1.29 is 44.1 Å². The van der Waals surface area contributed by atoms with Crippen molar-refractivity contribution in [3.63, 3.8) is 0 Å². The molecule has 0 saturated carbocycles. The zero-order chi connectivity index (χ0) is 28.8. The molecular formula is C25H44N4O9. The minimum Gasteiger partial charge on any atom is -0.481 e. The third kappa shape index (κ3) is 19.9. The fraction of sp³-hybridized carbons (Fsp3) is 0.760. The minimum atomic E-state index is -1.31. The van der Waals surface area contributed by atoms with E-state index in [0.29, 0.717) is 6.42 Å². The van der Waals surface area contributed by atoms with Gasteiger partial charge in [-0.25, -0.2) is 15.0 Å². The van der Waals surface area contributed by atoms with Crippen LogP contribution in [0.15, 0.2) is 0 Å². The molecule has 0 bridgehead atoms. The van der Waals surface area contributed by atoms with E-state index in [0.717, 1.165) is 57.8 Å². The molecule has 13 heteroatoms. The Hall–Kier alpha value is -3.22. The maximum absolute atomic E-state index is 12.1. The Morgan fingerprint density at radius 3 is 1.29 bits per heavy atom. The number of carboxylic acid groups (broad SMARTS) is 3. The van der Waals surface area contributed by atoms with Crippen LogP contribution in [-0.4, -0.2) is 70.1 Å². The van der Waals surface area contributed by atoms with E-state index in [-0.39, 0.29) is 38.5 Å². The SMILES string of the molecule is CNNC(=O)CC[C@H](NC(=O)CC[C@H](NC(=O)CCCCCCCCCCCCC(=O)O)C(=O)O)C(=O)O. The third-order valence-corrected chi connectivity index (χ3v) is 5.90. The van der Waals surface area contributed by atoms with Gasteiger partial charge in [0.1, 0.15) is 12.1 Å². The average Bonchev–Trinajstić information content (AvgIpc) is 2.84. The van der Waals surface area contributed by atoms with Gasteiger partial charge in [0.25, 0.3) is 0 Å². The second-order valence-electron chi connectivity index (χ2n) is 9.22. The third-order valence-electron chi connectivity index (χ3n) is 5.90. The van der Waals surface area contributed by atoms with Gasteiger partial charge < -0.3 is 26.0 Å². The van der Waals surface area contributed by atoms with E-state index in [2.05, 4.69) is 21.5 Å². The van der Waals surface area contributed by atoms with Crippen LogP contribution in [0.1, 0.15) is 103 Å². The van der Waals surface area contributed by atoms with Crippen LogP contribution >= 0.6 is 0 Å². The number of carbonyl (C=O) groups excluding carboxylic acids is 3. The van der Waals surface area contributed by atoms with Gasteiger partial charge >= 0.3 is 17.9 Å². The summed E-state index contributed by atoms with van der Waals surface area (Å²) in [6.07, 6.45) is 9.06. The molecule has 218 valence electrons. The van der Waals surface area contributed by atoms with E-state index in [4.69, 9.17) is 5.11 Å². The number of nitrogens with one attached hydrogen (secondary N) is 4. The number of carboxylic acids is 3. The summed E-state index contributed by atoms with van der Waals surface area (Å²) in [6.45, 7) is 0. The average molecular weight is 545 g/mol. The number of aliphatic carboxylic acids is 3. The van der Waals surface area contributed by atoms with Crippen molar-refractivity contribution in [2.45, 2.75) is 115 Å². The summed E-state index contributed by atoms with van der Waals surface area (Å²) in [5, 5.41) is 31.9. The summed E-state index contributed by atoms with van der Waals surface area (Å²) >= 11 is 0. The Morgan fingerprint density at radius 1 is 0.526 bits per heavy atom. The summed E-state index contributed by atoms with van der Waals surface area (Å²) in [4.78, 5) is 69.0. The summed E-state index contributed by atoms with van der Waals surface area (Å²) < 4.78 is 0. The molecule has 0 aromatic heterocycles. The molecule has 13 nitrogen and oxygen atoms in total. The molecule has 0 rings (SSSR count). The van der Waals surface area contributed by atoms with Crippen molar-refractivity contribution in [1.82, 2.24) is 21.5 Å². The second kappa shape index (κ2) is 21.8. The molecule has 38 heavy (non-hydrogen) atoms. The molecule has 0 aliphatic carbocycles. The van der Waals surface area contributed by atoms with Crippen molar-refractivity contribution in [2.75, 3.05) is 7.05 Å². The molecule has 0 aromatic rings. The number of hydrogen-bond donors (Lipinski definition) is 7. The second-order valence-corrected chi connectivity index (χ2v) is 9.22. The predicted molar refractivity (Wildman–Crippen MR) is 138 cm³/mol. The first-order valence-corrected chi connectivity index (χ1v) is 13.3. The molecule has 0 unspecified atom stereocenters. The van der Waals surface area contributed by atoms with E-state index in [9.17, 15) is 39.0 Å². The van der Waals surface area contributed by atoms with Crippen molar-refractivity contribution >= 4 is 35.6 Å². The Balaban J connectivity index is 4.11. The summed E-state index contributed by atoms with van der Waals surface area (Å²) in [5.41, 5.74) is 4.71. The van der Waals surface area contributed by atoms with Gasteiger partial charge in [0.15, 0.2) is 0 Å². The van der Waals surface area contributed by atoms with E-state index in [1.54, 1.807) is 0 Å². The van der Waals surface area contributed by atoms with Crippen molar-refractivity contribution in [3.05, 3.63) is 0 Å². The minimum absolute atomic E-state index is 0.137. The molecule has 0 aliphatic heterocycles. The van der Waals surface area contributed by atoms with E-state index < -0.39 is 47.7 Å². The first-order chi connectivity index (χ1) is 18.1. The van der Waals surface area contributed by atoms with Gasteiger partial charge in [0.2, 0.25) is 17.7 Å². The highest BCUT2D eigenvalue weighted by atomic mass is 16.4. The van der Waals surface area contributed by atoms with Gasteiger partial charge in [0.05, 0.1) is 0 Å².